The van der Waals surface area contributed by atoms with Crippen LogP contribution in [-0.4, -0.2) is 23.7 Å². The number of carbonyl (C=O) groups is 1. The van der Waals surface area contributed by atoms with Crippen molar-refractivity contribution in [2.24, 2.45) is 11.0 Å². The molecule has 1 aromatic heterocycles. The molecule has 1 heterocycles. The summed E-state index contributed by atoms with van der Waals surface area (Å²) in [6.45, 7) is 5.28. The topological polar surface area (TPSA) is 97.9 Å². The summed E-state index contributed by atoms with van der Waals surface area (Å²) < 4.78 is 5.26. The Kier molecular flexibility index (Phi) is 12.2. The number of halogens is 2. The van der Waals surface area contributed by atoms with E-state index in [0.29, 0.717) is 15.3 Å². The number of ether oxygens (including phenoxy) is 1. The molecule has 2 rings (SSSR count). The Morgan fingerprint density at radius 2 is 1.73 bits per heavy atom. The Hall–Kier alpha value is -1.41. The summed E-state index contributed by atoms with van der Waals surface area (Å²) >= 11 is 8.89. The lowest BCUT2D eigenvalue weighted by molar-refractivity contribution is 0.0600. The summed E-state index contributed by atoms with van der Waals surface area (Å²) in [7, 11) is 1.51. The largest absolute Gasteiger partial charge is 0.444 e. The van der Waals surface area contributed by atoms with E-state index in [1.165, 1.54) is 51.8 Å². The van der Waals surface area contributed by atoms with Crippen LogP contribution in [0.1, 0.15) is 59.3 Å². The zero-order valence-corrected chi connectivity index (χ0v) is 18.1. The van der Waals surface area contributed by atoms with Crippen molar-refractivity contribution in [1.29, 1.82) is 0 Å². The number of pyridine rings is 1. The van der Waals surface area contributed by atoms with Crippen molar-refractivity contribution in [3.05, 3.63) is 26.7 Å². The minimum atomic E-state index is -0.725. The molecule has 1 aromatic rings. The van der Waals surface area contributed by atoms with Gasteiger partial charge in [0.05, 0.1) is 10.3 Å². The van der Waals surface area contributed by atoms with Gasteiger partial charge in [-0.05, 0) is 42.8 Å². The molecule has 148 valence electrons. The third-order valence-corrected chi connectivity index (χ3v) is 4.34. The van der Waals surface area contributed by atoms with Gasteiger partial charge in [0, 0.05) is 17.7 Å². The van der Waals surface area contributed by atoms with Gasteiger partial charge in [0.2, 0.25) is 0 Å². The molecule has 1 saturated carbocycles. The molecule has 0 radical (unpaired) electrons. The normalized spacial score (nSPS) is 13.3. The fourth-order valence-corrected chi connectivity index (χ4v) is 2.40. The first-order chi connectivity index (χ1) is 12.1. The maximum absolute atomic E-state index is 10.1. The van der Waals surface area contributed by atoms with E-state index < -0.39 is 11.7 Å². The van der Waals surface area contributed by atoms with Gasteiger partial charge >= 0.3 is 6.09 Å². The lowest BCUT2D eigenvalue weighted by Gasteiger charge is -2.16. The van der Waals surface area contributed by atoms with E-state index >= 15 is 0 Å². The fraction of sp³-hybridized carbons (Fsp3) is 0.647. The van der Waals surface area contributed by atoms with Gasteiger partial charge in [0.25, 0.3) is 0 Å². The monoisotopic (exact) mass is 450 g/mol. The van der Waals surface area contributed by atoms with Crippen molar-refractivity contribution in [1.82, 2.24) is 4.98 Å². The maximum atomic E-state index is 10.1. The average molecular weight is 452 g/mol. The van der Waals surface area contributed by atoms with E-state index in [0.717, 1.165) is 5.01 Å². The van der Waals surface area contributed by atoms with E-state index in [4.69, 9.17) is 17.3 Å². The van der Waals surface area contributed by atoms with Crippen molar-refractivity contribution >= 4 is 39.4 Å². The smallest absolute Gasteiger partial charge is 0.405 e. The van der Waals surface area contributed by atoms with Crippen LogP contribution < -0.4 is 10.7 Å². The van der Waals surface area contributed by atoms with Crippen molar-refractivity contribution in [2.45, 2.75) is 64.9 Å². The van der Waals surface area contributed by atoms with Crippen LogP contribution in [0.2, 0.25) is 5.02 Å². The van der Waals surface area contributed by atoms with E-state index in [2.05, 4.69) is 30.9 Å². The quantitative estimate of drug-likeness (QED) is 0.450. The Morgan fingerprint density at radius 3 is 2.00 bits per heavy atom. The first-order valence-corrected chi connectivity index (χ1v) is 9.60. The van der Waals surface area contributed by atoms with Crippen LogP contribution >= 0.6 is 27.5 Å². The second kappa shape index (κ2) is 12.9. The van der Waals surface area contributed by atoms with Gasteiger partial charge in [-0.3, -0.25) is 0 Å². The Labute approximate surface area is 168 Å². The van der Waals surface area contributed by atoms with E-state index in [1.54, 1.807) is 26.8 Å². The molecule has 7 nitrogen and oxygen atoms in total. The summed E-state index contributed by atoms with van der Waals surface area (Å²) in [5.41, 5.74) is 4.26. The minimum absolute atomic E-state index is 0.446. The molecular weight excluding hydrogens is 424 g/mol. The highest BCUT2D eigenvalue weighted by Crippen LogP contribution is 2.24. The SMILES string of the molecule is C1CCCCC1.CC(C)(C)OC(N)=O.CN(N=O)c1cc(Br)c(Cl)cn1. The lowest BCUT2D eigenvalue weighted by Crippen LogP contribution is -2.27. The molecule has 0 spiro atoms. The second-order valence-corrected chi connectivity index (χ2v) is 7.98. The van der Waals surface area contributed by atoms with Crippen LogP contribution in [0.4, 0.5) is 10.6 Å². The van der Waals surface area contributed by atoms with Gasteiger partial charge in [-0.25, -0.2) is 14.8 Å². The summed E-state index contributed by atoms with van der Waals surface area (Å²) in [6, 6.07) is 1.61. The number of primary amides is 1. The van der Waals surface area contributed by atoms with Crippen LogP contribution in [-0.2, 0) is 4.74 Å². The van der Waals surface area contributed by atoms with Gasteiger partial charge in [-0.15, -0.1) is 4.91 Å². The van der Waals surface area contributed by atoms with Gasteiger partial charge in [0.1, 0.15) is 5.60 Å². The zero-order valence-electron chi connectivity index (χ0n) is 15.8. The summed E-state index contributed by atoms with van der Waals surface area (Å²) in [6.07, 6.45) is 9.72. The van der Waals surface area contributed by atoms with Crippen molar-refractivity contribution in [3.8, 4) is 0 Å². The first-order valence-electron chi connectivity index (χ1n) is 8.43. The third kappa shape index (κ3) is 12.9. The Bertz CT molecular complexity index is 552. The molecule has 0 unspecified atom stereocenters. The third-order valence-electron chi connectivity index (χ3n) is 3.15. The maximum Gasteiger partial charge on any atom is 0.405 e. The summed E-state index contributed by atoms with van der Waals surface area (Å²) in [5.74, 6) is 0.446. The number of amides is 1. The molecule has 0 aliphatic heterocycles. The highest BCUT2D eigenvalue weighted by Gasteiger charge is 2.12. The number of hydrogen-bond donors (Lipinski definition) is 1. The summed E-state index contributed by atoms with van der Waals surface area (Å²) in [4.78, 5) is 24.0. The number of nitroso groups, excluding NO2 is 1. The van der Waals surface area contributed by atoms with Crippen molar-refractivity contribution in [3.63, 3.8) is 0 Å². The van der Waals surface area contributed by atoms with Crippen LogP contribution in [0.15, 0.2) is 22.0 Å². The van der Waals surface area contributed by atoms with Crippen LogP contribution in [0, 0.1) is 4.91 Å². The molecule has 1 aliphatic carbocycles. The predicted octanol–water partition coefficient (Wildman–Crippen LogP) is 5.84. The number of rotatable bonds is 2. The molecule has 26 heavy (non-hydrogen) atoms. The van der Waals surface area contributed by atoms with Gasteiger partial charge in [-0.2, -0.15) is 0 Å². The molecule has 1 amide bonds. The molecule has 0 bridgehead atoms. The van der Waals surface area contributed by atoms with Gasteiger partial charge in [0.15, 0.2) is 5.82 Å². The Balaban J connectivity index is 0.000000387. The average Bonchev–Trinajstić information content (AvgIpc) is 2.57. The molecular formula is C17H28BrClN4O3. The van der Waals surface area contributed by atoms with Crippen LogP contribution in [0.25, 0.3) is 0 Å². The highest BCUT2D eigenvalue weighted by atomic mass is 79.9. The van der Waals surface area contributed by atoms with Gasteiger partial charge in [-0.1, -0.05) is 50.1 Å². The first kappa shape index (κ1) is 24.6. The molecule has 0 saturated heterocycles. The molecule has 0 atom stereocenters. The fourth-order valence-electron chi connectivity index (χ4n) is 1.99. The van der Waals surface area contributed by atoms with Crippen molar-refractivity contribution in [2.75, 3.05) is 12.1 Å². The molecule has 2 N–H and O–H groups in total. The highest BCUT2D eigenvalue weighted by molar-refractivity contribution is 9.10. The zero-order chi connectivity index (χ0) is 20.2. The number of anilines is 1. The van der Waals surface area contributed by atoms with E-state index in [1.807, 2.05) is 0 Å². The van der Waals surface area contributed by atoms with Gasteiger partial charge < -0.3 is 10.5 Å². The van der Waals surface area contributed by atoms with E-state index in [9.17, 15) is 9.70 Å². The number of hydrogen-bond acceptors (Lipinski definition) is 5. The Morgan fingerprint density at radius 1 is 1.27 bits per heavy atom. The standard InChI is InChI=1S/C6H5BrClN3O.C6H12.C5H11NO2/c1-11(10-12)6-2-4(7)5(8)3-9-6;1-2-4-6-5-3-1;1-5(2,3)8-4(6)7/h2-3H,1H3;1-6H2;1-3H3,(H2,6,7). The molecule has 1 fully saturated rings. The summed E-state index contributed by atoms with van der Waals surface area (Å²) in [5, 5.41) is 4.30. The number of carbonyl (C=O) groups excluding carboxylic acids is 1. The minimum Gasteiger partial charge on any atom is -0.444 e. The number of nitrogens with zero attached hydrogens (tertiary/aromatic N) is 3. The number of nitrogens with two attached hydrogens (primary N) is 1. The lowest BCUT2D eigenvalue weighted by atomic mass is 10.0. The second-order valence-electron chi connectivity index (χ2n) is 6.72. The van der Waals surface area contributed by atoms with Crippen molar-refractivity contribution < 1.29 is 9.53 Å². The predicted molar refractivity (Wildman–Crippen MR) is 109 cm³/mol. The molecule has 0 aromatic carbocycles. The molecule has 9 heteroatoms. The number of aromatic nitrogens is 1. The van der Waals surface area contributed by atoms with E-state index in [-0.39, 0.29) is 0 Å². The molecule has 1 aliphatic rings. The van der Waals surface area contributed by atoms with Crippen LogP contribution in [0.3, 0.4) is 0 Å². The van der Waals surface area contributed by atoms with Crippen LogP contribution in [0.5, 0.6) is 0 Å².